The number of aliphatic hydroxyl groups is 1. The first-order chi connectivity index (χ1) is 17.7. The lowest BCUT2D eigenvalue weighted by Gasteiger charge is -2.26. The van der Waals surface area contributed by atoms with Crippen LogP contribution in [0.5, 0.6) is 0 Å². The van der Waals surface area contributed by atoms with Crippen molar-refractivity contribution in [1.82, 2.24) is 5.16 Å². The molecule has 1 unspecified atom stereocenters. The number of aromatic nitrogens is 1. The summed E-state index contributed by atoms with van der Waals surface area (Å²) >= 11 is 3.44. The van der Waals surface area contributed by atoms with E-state index in [2.05, 4.69) is 21.1 Å². The van der Waals surface area contributed by atoms with Gasteiger partial charge in [0.05, 0.1) is 28.2 Å². The lowest BCUT2D eigenvalue weighted by molar-refractivity contribution is -0.116. The molecule has 0 saturated carbocycles. The van der Waals surface area contributed by atoms with Crippen molar-refractivity contribution in [2.75, 3.05) is 0 Å². The smallest absolute Gasteiger partial charge is 0.168 e. The number of aryl methyl sites for hydroxylation is 1. The Morgan fingerprint density at radius 1 is 1.05 bits per heavy atom. The van der Waals surface area contributed by atoms with E-state index in [-0.39, 0.29) is 34.2 Å². The number of carbonyl (C=O) groups excluding carboxylic acids is 2. The Bertz CT molecular complexity index is 1400. The van der Waals surface area contributed by atoms with Crippen LogP contribution in [0, 0.1) is 5.41 Å². The van der Waals surface area contributed by atoms with Crippen LogP contribution >= 0.6 is 15.9 Å². The van der Waals surface area contributed by atoms with E-state index in [0.29, 0.717) is 66.9 Å². The maximum absolute atomic E-state index is 13.4. The molecule has 190 valence electrons. The number of ketones is 2. The number of carbonyl (C=O) groups is 2. The Hall–Kier alpha value is -3.32. The van der Waals surface area contributed by atoms with Gasteiger partial charge in [-0.15, -0.1) is 0 Å². The molecule has 37 heavy (non-hydrogen) atoms. The molecule has 0 radical (unpaired) electrons. The Labute approximate surface area is 224 Å². The number of hydrogen-bond donors (Lipinski definition) is 1. The van der Waals surface area contributed by atoms with Crippen molar-refractivity contribution in [2.24, 2.45) is 10.4 Å². The van der Waals surface area contributed by atoms with Gasteiger partial charge in [-0.3, -0.25) is 14.6 Å². The molecule has 1 aromatic heterocycles. The number of benzene rings is 2. The Kier molecular flexibility index (Phi) is 6.99. The summed E-state index contributed by atoms with van der Waals surface area (Å²) in [5.74, 6) is 0.518. The average molecular weight is 561 g/mol. The number of aliphatic hydroxyl groups excluding tert-OH is 1. The first-order valence-electron chi connectivity index (χ1n) is 12.5. The fraction of sp³-hybridized carbons (Fsp3) is 0.333. The van der Waals surface area contributed by atoms with Crippen molar-refractivity contribution >= 4 is 38.9 Å². The predicted molar refractivity (Wildman–Crippen MR) is 146 cm³/mol. The summed E-state index contributed by atoms with van der Waals surface area (Å²) in [6.45, 7) is 4.09. The third-order valence-corrected chi connectivity index (χ3v) is 7.61. The molecule has 0 amide bonds. The lowest BCUT2D eigenvalue weighted by Crippen LogP contribution is -2.27. The van der Waals surface area contributed by atoms with Gasteiger partial charge in [0.15, 0.2) is 11.6 Å². The Balaban J connectivity index is 1.46. The highest BCUT2D eigenvalue weighted by Gasteiger charge is 2.37. The van der Waals surface area contributed by atoms with Gasteiger partial charge in [0.1, 0.15) is 11.5 Å². The van der Waals surface area contributed by atoms with Gasteiger partial charge in [0, 0.05) is 30.2 Å². The average Bonchev–Trinajstić information content (AvgIpc) is 3.25. The molecule has 2 aliphatic rings. The van der Waals surface area contributed by atoms with E-state index in [1.54, 1.807) is 0 Å². The SMILES string of the molecule is CC1(C)CC(=O)c2c(CCC(=Nc3ccc(Br)cc3)C3=C(O)CC(c4ccccc4)CC3=O)noc2C1. The fourth-order valence-corrected chi connectivity index (χ4v) is 5.58. The zero-order valence-electron chi connectivity index (χ0n) is 21.0. The van der Waals surface area contributed by atoms with Gasteiger partial charge >= 0.3 is 0 Å². The van der Waals surface area contributed by atoms with E-state index in [1.165, 1.54) is 0 Å². The van der Waals surface area contributed by atoms with E-state index in [4.69, 9.17) is 9.52 Å². The molecule has 0 bridgehead atoms. The van der Waals surface area contributed by atoms with Gasteiger partial charge < -0.3 is 9.63 Å². The topological polar surface area (TPSA) is 92.8 Å². The summed E-state index contributed by atoms with van der Waals surface area (Å²) in [6, 6.07) is 17.3. The van der Waals surface area contributed by atoms with Crippen molar-refractivity contribution in [3.05, 3.63) is 93.0 Å². The van der Waals surface area contributed by atoms with Crippen LogP contribution in [-0.2, 0) is 17.6 Å². The highest BCUT2D eigenvalue weighted by atomic mass is 79.9. The maximum Gasteiger partial charge on any atom is 0.168 e. The summed E-state index contributed by atoms with van der Waals surface area (Å²) < 4.78 is 6.48. The first kappa shape index (κ1) is 25.3. The predicted octanol–water partition coefficient (Wildman–Crippen LogP) is 7.26. The van der Waals surface area contributed by atoms with Crippen molar-refractivity contribution in [3.63, 3.8) is 0 Å². The molecular weight excluding hydrogens is 532 g/mol. The minimum Gasteiger partial charge on any atom is -0.511 e. The number of aliphatic imine (C=N–C) groups is 1. The van der Waals surface area contributed by atoms with Gasteiger partial charge in [-0.1, -0.05) is 65.3 Å². The zero-order chi connectivity index (χ0) is 26.2. The summed E-state index contributed by atoms with van der Waals surface area (Å²) in [4.78, 5) is 31.1. The Morgan fingerprint density at radius 2 is 1.78 bits per heavy atom. The van der Waals surface area contributed by atoms with Gasteiger partial charge in [0.2, 0.25) is 0 Å². The first-order valence-corrected chi connectivity index (χ1v) is 13.3. The summed E-state index contributed by atoms with van der Waals surface area (Å²) in [6.07, 6.45) is 2.50. The minimum absolute atomic E-state index is 0.0374. The largest absolute Gasteiger partial charge is 0.511 e. The Morgan fingerprint density at radius 3 is 2.49 bits per heavy atom. The molecule has 3 aromatic rings. The van der Waals surface area contributed by atoms with Crippen LogP contribution in [-0.4, -0.2) is 27.5 Å². The van der Waals surface area contributed by atoms with E-state index in [0.717, 1.165) is 10.0 Å². The second-order valence-electron chi connectivity index (χ2n) is 10.7. The van der Waals surface area contributed by atoms with E-state index in [1.807, 2.05) is 68.4 Å². The van der Waals surface area contributed by atoms with Crippen molar-refractivity contribution in [1.29, 1.82) is 0 Å². The fourth-order valence-electron chi connectivity index (χ4n) is 5.32. The number of Topliss-reactive ketones (excluding diaryl/α,β-unsaturated/α-hetero) is 2. The summed E-state index contributed by atoms with van der Waals surface area (Å²) in [7, 11) is 0. The van der Waals surface area contributed by atoms with Crippen molar-refractivity contribution in [2.45, 2.75) is 58.3 Å². The quantitative estimate of drug-likeness (QED) is 0.320. The van der Waals surface area contributed by atoms with Crippen LogP contribution in [0.3, 0.4) is 0 Å². The molecule has 2 aromatic carbocycles. The van der Waals surface area contributed by atoms with Crippen LogP contribution in [0.15, 0.2) is 79.9 Å². The molecule has 1 N–H and O–H groups in total. The van der Waals surface area contributed by atoms with E-state index >= 15 is 0 Å². The molecular formula is C30H29BrN2O4. The van der Waals surface area contributed by atoms with Crippen LogP contribution in [0.2, 0.25) is 0 Å². The molecule has 2 aliphatic carbocycles. The molecule has 6 nitrogen and oxygen atoms in total. The minimum atomic E-state index is -0.157. The number of allylic oxidation sites excluding steroid dienone is 2. The molecule has 0 saturated heterocycles. The molecule has 5 rings (SSSR count). The number of rotatable bonds is 6. The van der Waals surface area contributed by atoms with E-state index in [9.17, 15) is 14.7 Å². The molecule has 0 aliphatic heterocycles. The van der Waals surface area contributed by atoms with Crippen LogP contribution in [0.4, 0.5) is 5.69 Å². The third kappa shape index (κ3) is 5.52. The maximum atomic E-state index is 13.4. The van der Waals surface area contributed by atoms with Crippen LogP contribution in [0.25, 0.3) is 0 Å². The van der Waals surface area contributed by atoms with Crippen molar-refractivity contribution in [3.8, 4) is 0 Å². The summed E-state index contributed by atoms with van der Waals surface area (Å²) in [5.41, 5.74) is 3.48. The zero-order valence-corrected chi connectivity index (χ0v) is 22.5. The second kappa shape index (κ2) is 10.2. The second-order valence-corrected chi connectivity index (χ2v) is 11.6. The highest BCUT2D eigenvalue weighted by molar-refractivity contribution is 9.10. The number of nitrogens with zero attached hydrogens (tertiary/aromatic N) is 2. The highest BCUT2D eigenvalue weighted by Crippen LogP contribution is 2.38. The standard InChI is InChI=1S/C30H29BrN2O4/c1-30(2)16-26(36)29-23(33-37-27(29)17-30)13-12-22(32-21-10-8-20(31)9-11-21)28-24(34)14-19(15-25(28)35)18-6-4-3-5-7-18/h3-11,19,34H,12-17H2,1-2H3. The lowest BCUT2D eigenvalue weighted by atomic mass is 9.75. The molecule has 1 heterocycles. The van der Waals surface area contributed by atoms with Crippen LogP contribution in [0.1, 0.15) is 72.8 Å². The van der Waals surface area contributed by atoms with Crippen LogP contribution < -0.4 is 0 Å². The number of halogens is 1. The molecule has 1 atom stereocenters. The van der Waals surface area contributed by atoms with Gasteiger partial charge in [0.25, 0.3) is 0 Å². The van der Waals surface area contributed by atoms with Gasteiger partial charge in [-0.25, -0.2) is 0 Å². The number of hydrogen-bond acceptors (Lipinski definition) is 6. The van der Waals surface area contributed by atoms with E-state index < -0.39 is 0 Å². The molecule has 0 spiro atoms. The normalized spacial score (nSPS) is 19.8. The van der Waals surface area contributed by atoms with Gasteiger partial charge in [-0.05, 0) is 54.0 Å². The molecule has 0 fully saturated rings. The monoisotopic (exact) mass is 560 g/mol. The third-order valence-electron chi connectivity index (χ3n) is 7.08. The molecule has 7 heteroatoms. The number of fused-ring (bicyclic) bond motifs is 1. The summed E-state index contributed by atoms with van der Waals surface area (Å²) in [5, 5.41) is 15.3. The van der Waals surface area contributed by atoms with Gasteiger partial charge in [-0.2, -0.15) is 0 Å². The van der Waals surface area contributed by atoms with Crippen molar-refractivity contribution < 1.29 is 19.2 Å².